The van der Waals surface area contributed by atoms with Gasteiger partial charge in [0.05, 0.1) is 5.69 Å². The number of phenolic OH excluding ortho intramolecular Hbond substituents is 1. The highest BCUT2D eigenvalue weighted by Crippen LogP contribution is 2.40. The minimum atomic E-state index is -0.122. The lowest BCUT2D eigenvalue weighted by molar-refractivity contribution is -0.116. The number of hydrogen-bond donors (Lipinski definition) is 2. The van der Waals surface area contributed by atoms with Gasteiger partial charge in [0, 0.05) is 31.0 Å². The van der Waals surface area contributed by atoms with Gasteiger partial charge in [-0.05, 0) is 56.0 Å². The van der Waals surface area contributed by atoms with Gasteiger partial charge in [0.2, 0.25) is 5.91 Å². The summed E-state index contributed by atoms with van der Waals surface area (Å²) in [4.78, 5) is 14.7. The largest absolute Gasteiger partial charge is 0.508 e. The van der Waals surface area contributed by atoms with Crippen LogP contribution >= 0.6 is 0 Å². The second-order valence-electron chi connectivity index (χ2n) is 7.95. The lowest BCUT2D eigenvalue weighted by Gasteiger charge is -2.27. The number of hydrogen-bond acceptors (Lipinski definition) is 6. The van der Waals surface area contributed by atoms with Crippen molar-refractivity contribution in [3.05, 3.63) is 53.2 Å². The van der Waals surface area contributed by atoms with Crippen molar-refractivity contribution >= 4 is 17.5 Å². The van der Waals surface area contributed by atoms with Crippen LogP contribution in [0.25, 0.3) is 5.82 Å². The van der Waals surface area contributed by atoms with E-state index in [4.69, 9.17) is 0 Å². The van der Waals surface area contributed by atoms with E-state index in [0.717, 1.165) is 35.7 Å². The second-order valence-corrected chi connectivity index (χ2v) is 7.95. The van der Waals surface area contributed by atoms with Gasteiger partial charge in [0.15, 0.2) is 11.6 Å². The van der Waals surface area contributed by atoms with Gasteiger partial charge in [-0.15, -0.1) is 10.2 Å². The molecule has 8 heteroatoms. The van der Waals surface area contributed by atoms with Gasteiger partial charge >= 0.3 is 0 Å². The number of amides is 1. The molecule has 0 bridgehead atoms. The molecule has 4 heterocycles. The highest BCUT2D eigenvalue weighted by Gasteiger charge is 2.33. The third-order valence-corrected chi connectivity index (χ3v) is 5.93. The summed E-state index contributed by atoms with van der Waals surface area (Å²) in [5, 5.41) is 26.1. The first-order valence-electron chi connectivity index (χ1n) is 10.4. The molecule has 0 spiro atoms. The highest BCUT2D eigenvalue weighted by molar-refractivity contribution is 5.95. The Balaban J connectivity index is 1.51. The number of aromatic nitrogens is 4. The summed E-state index contributed by atoms with van der Waals surface area (Å²) >= 11 is 0. The molecule has 5 rings (SSSR count). The molecule has 2 aromatic heterocycles. The zero-order chi connectivity index (χ0) is 20.7. The molecule has 3 aromatic rings. The summed E-state index contributed by atoms with van der Waals surface area (Å²) in [6.45, 7) is 3.96. The summed E-state index contributed by atoms with van der Waals surface area (Å²) in [5.74, 6) is 2.11. The Hall–Kier alpha value is -3.42. The third-order valence-electron chi connectivity index (χ3n) is 5.93. The number of aromatic hydroxyl groups is 1. The maximum absolute atomic E-state index is 12.5. The molecular weight excluding hydrogens is 380 g/mol. The van der Waals surface area contributed by atoms with Gasteiger partial charge in [-0.1, -0.05) is 12.1 Å². The van der Waals surface area contributed by atoms with E-state index in [2.05, 4.69) is 25.5 Å². The maximum atomic E-state index is 12.5. The van der Waals surface area contributed by atoms with Crippen LogP contribution in [-0.2, 0) is 4.79 Å². The number of nitrogens with one attached hydrogen (secondary N) is 1. The number of phenols is 1. The number of fused-ring (bicyclic) bond motifs is 1. The number of anilines is 2. The van der Waals surface area contributed by atoms with Crippen LogP contribution < -0.4 is 10.2 Å². The number of aryl methyl sites for hydroxylation is 1. The normalized spacial score (nSPS) is 18.8. The van der Waals surface area contributed by atoms with Crippen LogP contribution in [0.1, 0.15) is 48.4 Å². The molecule has 0 aliphatic carbocycles. The fraction of sp³-hybridized carbons (Fsp3) is 0.364. The molecule has 2 aliphatic rings. The first-order valence-corrected chi connectivity index (χ1v) is 10.4. The maximum Gasteiger partial charge on any atom is 0.226 e. The predicted octanol–water partition coefficient (Wildman–Crippen LogP) is 3.14. The minimum absolute atomic E-state index is 0.0698. The van der Waals surface area contributed by atoms with Gasteiger partial charge in [-0.2, -0.15) is 9.78 Å². The summed E-state index contributed by atoms with van der Waals surface area (Å²) in [5.41, 5.74) is 2.78. The number of carbonyl (C=O) groups is 1. The molecule has 1 fully saturated rings. The first kappa shape index (κ1) is 18.6. The topological polar surface area (TPSA) is 96.2 Å². The van der Waals surface area contributed by atoms with Gasteiger partial charge in [0.1, 0.15) is 11.6 Å². The third kappa shape index (κ3) is 3.28. The van der Waals surface area contributed by atoms with Crippen molar-refractivity contribution in [3.63, 3.8) is 0 Å². The van der Waals surface area contributed by atoms with Crippen LogP contribution in [-0.4, -0.2) is 44.1 Å². The average Bonchev–Trinajstić information content (AvgIpc) is 3.10. The van der Waals surface area contributed by atoms with Gasteiger partial charge in [0.25, 0.3) is 0 Å². The zero-order valence-electron chi connectivity index (χ0n) is 16.9. The lowest BCUT2D eigenvalue weighted by atomic mass is 9.86. The van der Waals surface area contributed by atoms with E-state index in [9.17, 15) is 9.90 Å². The molecule has 30 heavy (non-hydrogen) atoms. The average molecular weight is 404 g/mol. The van der Waals surface area contributed by atoms with Crippen molar-refractivity contribution in [3.8, 4) is 11.6 Å². The summed E-state index contributed by atoms with van der Waals surface area (Å²) in [6.07, 6.45) is 3.96. The summed E-state index contributed by atoms with van der Waals surface area (Å²) in [7, 11) is 0. The fourth-order valence-electron chi connectivity index (χ4n) is 4.43. The van der Waals surface area contributed by atoms with Crippen molar-refractivity contribution < 1.29 is 9.90 Å². The standard InChI is InChI=1S/C22H24N6O2/c1-14-21-17(15-5-7-16(29)8-6-15)13-20(30)23-22(21)28(26-14)19-10-9-18(24-25-19)27-11-3-2-4-12-27/h5-10,17,29H,2-4,11-13H2,1H3,(H,23,30)/t17-/m0/s1. The van der Waals surface area contributed by atoms with Crippen molar-refractivity contribution in [2.75, 3.05) is 23.3 Å². The van der Waals surface area contributed by atoms with Crippen molar-refractivity contribution in [1.82, 2.24) is 20.0 Å². The Morgan fingerprint density at radius 1 is 1.00 bits per heavy atom. The Labute approximate surface area is 174 Å². The molecule has 2 N–H and O–H groups in total. The number of rotatable bonds is 3. The van der Waals surface area contributed by atoms with Gasteiger partial charge in [-0.25, -0.2) is 0 Å². The molecule has 154 valence electrons. The van der Waals surface area contributed by atoms with E-state index in [0.29, 0.717) is 18.1 Å². The zero-order valence-corrected chi connectivity index (χ0v) is 16.9. The molecule has 1 atom stereocenters. The van der Waals surface area contributed by atoms with Gasteiger partial charge < -0.3 is 15.3 Å². The van der Waals surface area contributed by atoms with Crippen molar-refractivity contribution in [1.29, 1.82) is 0 Å². The molecule has 1 saturated heterocycles. The first-order chi connectivity index (χ1) is 14.6. The van der Waals surface area contributed by atoms with E-state index in [1.807, 2.05) is 31.2 Å². The van der Waals surface area contributed by atoms with E-state index in [-0.39, 0.29) is 17.6 Å². The van der Waals surface area contributed by atoms with Crippen molar-refractivity contribution in [2.45, 2.75) is 38.5 Å². The van der Waals surface area contributed by atoms with Gasteiger partial charge in [-0.3, -0.25) is 4.79 Å². The second kappa shape index (κ2) is 7.44. The number of carbonyl (C=O) groups excluding carboxylic acids is 1. The minimum Gasteiger partial charge on any atom is -0.508 e. The van der Waals surface area contributed by atoms with E-state index in [1.165, 1.54) is 19.3 Å². The molecule has 0 unspecified atom stereocenters. The Bertz CT molecular complexity index is 1070. The Morgan fingerprint density at radius 3 is 2.40 bits per heavy atom. The van der Waals surface area contributed by atoms with Crippen molar-refractivity contribution in [2.24, 2.45) is 0 Å². The molecule has 0 saturated carbocycles. The Kier molecular flexibility index (Phi) is 4.61. The van der Waals surface area contributed by atoms with E-state index < -0.39 is 0 Å². The SMILES string of the molecule is Cc1nn(-c2ccc(N3CCCCC3)nn2)c2c1[C@H](c1ccc(O)cc1)CC(=O)N2. The quantitative estimate of drug-likeness (QED) is 0.696. The van der Waals surface area contributed by atoms with Crippen LogP contribution in [0.15, 0.2) is 36.4 Å². The number of piperidine rings is 1. The van der Waals surface area contributed by atoms with Crippen LogP contribution in [0.5, 0.6) is 5.75 Å². The lowest BCUT2D eigenvalue weighted by Crippen LogP contribution is -2.30. The molecular formula is C22H24N6O2. The fourth-order valence-corrected chi connectivity index (χ4v) is 4.43. The monoisotopic (exact) mass is 404 g/mol. The predicted molar refractivity (Wildman–Crippen MR) is 113 cm³/mol. The molecule has 1 aromatic carbocycles. The smallest absolute Gasteiger partial charge is 0.226 e. The molecule has 2 aliphatic heterocycles. The van der Waals surface area contributed by atoms with Crippen LogP contribution in [0.2, 0.25) is 0 Å². The van der Waals surface area contributed by atoms with Crippen LogP contribution in [0.3, 0.4) is 0 Å². The van der Waals surface area contributed by atoms with E-state index in [1.54, 1.807) is 16.8 Å². The number of nitrogens with zero attached hydrogens (tertiary/aromatic N) is 5. The highest BCUT2D eigenvalue weighted by atomic mass is 16.3. The Morgan fingerprint density at radius 2 is 1.70 bits per heavy atom. The number of benzene rings is 1. The molecule has 0 radical (unpaired) electrons. The molecule has 8 nitrogen and oxygen atoms in total. The summed E-state index contributed by atoms with van der Waals surface area (Å²) < 4.78 is 1.67. The summed E-state index contributed by atoms with van der Waals surface area (Å²) in [6, 6.07) is 10.9. The molecule has 1 amide bonds. The van der Waals surface area contributed by atoms with Crippen LogP contribution in [0, 0.1) is 6.92 Å². The van der Waals surface area contributed by atoms with E-state index >= 15 is 0 Å². The van der Waals surface area contributed by atoms with Crippen LogP contribution in [0.4, 0.5) is 11.6 Å².